The third-order valence-corrected chi connectivity index (χ3v) is 4.43. The molecule has 0 aromatic heterocycles. The Bertz CT molecular complexity index is 572. The number of carbonyl (C=O) groups excluding carboxylic acids is 2. The summed E-state index contributed by atoms with van der Waals surface area (Å²) in [7, 11) is 0. The Morgan fingerprint density at radius 1 is 1.25 bits per heavy atom. The minimum Gasteiger partial charge on any atom is -0.379 e. The number of benzene rings is 1. The predicted octanol–water partition coefficient (Wildman–Crippen LogP) is 2.11. The fourth-order valence-corrected chi connectivity index (χ4v) is 2.90. The predicted molar refractivity (Wildman–Crippen MR) is 94.6 cm³/mol. The highest BCUT2D eigenvalue weighted by Crippen LogP contribution is 2.29. The minimum atomic E-state index is -0.331. The molecule has 0 radical (unpaired) electrons. The van der Waals surface area contributed by atoms with E-state index in [0.29, 0.717) is 42.0 Å². The van der Waals surface area contributed by atoms with Crippen LogP contribution in [0.5, 0.6) is 0 Å². The monoisotopic (exact) mass is 373 g/mol. The van der Waals surface area contributed by atoms with Gasteiger partial charge in [-0.05, 0) is 12.1 Å². The van der Waals surface area contributed by atoms with Gasteiger partial charge in [0.2, 0.25) is 11.8 Å². The Balaban J connectivity index is 1.89. The van der Waals surface area contributed by atoms with Crippen LogP contribution in [-0.2, 0) is 14.3 Å². The Morgan fingerprint density at radius 2 is 1.88 bits per heavy atom. The minimum absolute atomic E-state index is 0.0405. The maximum Gasteiger partial charge on any atom is 0.244 e. The molecule has 1 aliphatic rings. The summed E-state index contributed by atoms with van der Waals surface area (Å²) in [5.74, 6) is -0.481. The van der Waals surface area contributed by atoms with Crippen molar-refractivity contribution in [2.45, 2.75) is 6.92 Å². The fourth-order valence-electron chi connectivity index (χ4n) is 2.40. The molecule has 1 N–H and O–H groups in total. The second-order valence-electron chi connectivity index (χ2n) is 5.54. The number of rotatable bonds is 6. The Hall–Kier alpha value is -1.34. The highest BCUT2D eigenvalue weighted by molar-refractivity contribution is 6.39. The molecule has 0 bridgehead atoms. The van der Waals surface area contributed by atoms with E-state index in [1.54, 1.807) is 18.2 Å². The van der Waals surface area contributed by atoms with Crippen molar-refractivity contribution in [1.82, 2.24) is 9.80 Å². The highest BCUT2D eigenvalue weighted by Gasteiger charge is 2.18. The number of halogens is 2. The number of anilines is 1. The summed E-state index contributed by atoms with van der Waals surface area (Å²) >= 11 is 12.1. The summed E-state index contributed by atoms with van der Waals surface area (Å²) in [6, 6.07) is 4.99. The molecule has 0 unspecified atom stereocenters. The number of hydrogen-bond donors (Lipinski definition) is 1. The number of nitrogens with one attached hydrogen (secondary N) is 1. The van der Waals surface area contributed by atoms with E-state index in [2.05, 4.69) is 10.2 Å². The average Bonchev–Trinajstić information content (AvgIpc) is 2.55. The van der Waals surface area contributed by atoms with Gasteiger partial charge in [0.15, 0.2) is 0 Å². The van der Waals surface area contributed by atoms with Gasteiger partial charge in [0.1, 0.15) is 0 Å². The topological polar surface area (TPSA) is 61.9 Å². The zero-order valence-electron chi connectivity index (χ0n) is 13.6. The Kier molecular flexibility index (Phi) is 7.30. The largest absolute Gasteiger partial charge is 0.379 e. The SMILES string of the molecule is CC(=O)N(CCN1CCOCC1)CC(=O)Nc1c(Cl)cccc1Cl. The molecule has 24 heavy (non-hydrogen) atoms. The molecule has 1 aromatic carbocycles. The molecular weight excluding hydrogens is 353 g/mol. The van der Waals surface area contributed by atoms with Crippen LogP contribution < -0.4 is 5.32 Å². The number of morpholine rings is 1. The summed E-state index contributed by atoms with van der Waals surface area (Å²) in [4.78, 5) is 27.7. The van der Waals surface area contributed by atoms with E-state index >= 15 is 0 Å². The van der Waals surface area contributed by atoms with Crippen LogP contribution >= 0.6 is 23.2 Å². The van der Waals surface area contributed by atoms with Gasteiger partial charge < -0.3 is 15.0 Å². The van der Waals surface area contributed by atoms with Crippen LogP contribution in [0.15, 0.2) is 18.2 Å². The second-order valence-corrected chi connectivity index (χ2v) is 6.35. The first-order chi connectivity index (χ1) is 11.5. The number of carbonyl (C=O) groups is 2. The maximum absolute atomic E-state index is 12.2. The third kappa shape index (κ3) is 5.63. The smallest absolute Gasteiger partial charge is 0.244 e. The molecule has 8 heteroatoms. The first kappa shape index (κ1) is 19.0. The second kappa shape index (κ2) is 9.22. The highest BCUT2D eigenvalue weighted by atomic mass is 35.5. The summed E-state index contributed by atoms with van der Waals surface area (Å²) in [5.41, 5.74) is 0.363. The summed E-state index contributed by atoms with van der Waals surface area (Å²) < 4.78 is 5.30. The van der Waals surface area contributed by atoms with Gasteiger partial charge >= 0.3 is 0 Å². The van der Waals surface area contributed by atoms with Gasteiger partial charge in [0.05, 0.1) is 35.5 Å². The molecule has 1 saturated heterocycles. The third-order valence-electron chi connectivity index (χ3n) is 3.80. The van der Waals surface area contributed by atoms with Crippen LogP contribution in [0.1, 0.15) is 6.92 Å². The van der Waals surface area contributed by atoms with E-state index in [0.717, 1.165) is 13.1 Å². The van der Waals surface area contributed by atoms with Gasteiger partial charge in [-0.15, -0.1) is 0 Å². The van der Waals surface area contributed by atoms with Crippen LogP contribution in [0.25, 0.3) is 0 Å². The lowest BCUT2D eigenvalue weighted by Gasteiger charge is -2.29. The molecule has 0 atom stereocenters. The van der Waals surface area contributed by atoms with E-state index in [4.69, 9.17) is 27.9 Å². The normalized spacial score (nSPS) is 15.1. The van der Waals surface area contributed by atoms with E-state index in [-0.39, 0.29) is 18.4 Å². The van der Waals surface area contributed by atoms with Crippen LogP contribution in [0.4, 0.5) is 5.69 Å². The molecule has 0 saturated carbocycles. The first-order valence-electron chi connectivity index (χ1n) is 7.77. The van der Waals surface area contributed by atoms with Crippen LogP contribution in [-0.4, -0.2) is 67.6 Å². The van der Waals surface area contributed by atoms with Crippen LogP contribution in [0.2, 0.25) is 10.0 Å². The molecule has 2 rings (SSSR count). The quantitative estimate of drug-likeness (QED) is 0.829. The number of hydrogen-bond acceptors (Lipinski definition) is 4. The van der Waals surface area contributed by atoms with Gasteiger partial charge in [-0.2, -0.15) is 0 Å². The van der Waals surface area contributed by atoms with Gasteiger partial charge in [-0.25, -0.2) is 0 Å². The molecule has 1 aliphatic heterocycles. The fraction of sp³-hybridized carbons (Fsp3) is 0.500. The van der Waals surface area contributed by atoms with Crippen molar-refractivity contribution in [3.63, 3.8) is 0 Å². The maximum atomic E-state index is 12.2. The first-order valence-corrected chi connectivity index (χ1v) is 8.52. The van der Waals surface area contributed by atoms with Gasteiger partial charge in [-0.1, -0.05) is 29.3 Å². The zero-order chi connectivity index (χ0) is 17.5. The molecule has 6 nitrogen and oxygen atoms in total. The van der Waals surface area contributed by atoms with Crippen molar-refractivity contribution < 1.29 is 14.3 Å². The standard InChI is InChI=1S/C16H21Cl2N3O3/c1-12(22)21(6-5-20-7-9-24-10-8-20)11-15(23)19-16-13(17)3-2-4-14(16)18/h2-4H,5-11H2,1H3,(H,19,23). The molecule has 0 spiro atoms. The van der Waals surface area contributed by atoms with Gasteiger partial charge in [0.25, 0.3) is 0 Å². The molecule has 1 heterocycles. The van der Waals surface area contributed by atoms with Crippen molar-refractivity contribution in [1.29, 1.82) is 0 Å². The number of nitrogens with zero attached hydrogens (tertiary/aromatic N) is 2. The van der Waals surface area contributed by atoms with Crippen molar-refractivity contribution in [2.24, 2.45) is 0 Å². The number of amides is 2. The number of para-hydroxylation sites is 1. The van der Waals surface area contributed by atoms with E-state index in [9.17, 15) is 9.59 Å². The van der Waals surface area contributed by atoms with Crippen molar-refractivity contribution in [3.8, 4) is 0 Å². The van der Waals surface area contributed by atoms with Crippen LogP contribution in [0, 0.1) is 0 Å². The molecule has 1 fully saturated rings. The molecule has 2 amide bonds. The zero-order valence-corrected chi connectivity index (χ0v) is 15.1. The molecular formula is C16H21Cl2N3O3. The Labute approximate surface area is 151 Å². The lowest BCUT2D eigenvalue weighted by atomic mass is 10.3. The lowest BCUT2D eigenvalue weighted by molar-refractivity contribution is -0.133. The van der Waals surface area contributed by atoms with Gasteiger partial charge in [-0.3, -0.25) is 14.5 Å². The van der Waals surface area contributed by atoms with Crippen molar-refractivity contribution in [3.05, 3.63) is 28.2 Å². The lowest BCUT2D eigenvalue weighted by Crippen LogP contribution is -2.44. The number of ether oxygens (including phenoxy) is 1. The van der Waals surface area contributed by atoms with Crippen molar-refractivity contribution in [2.75, 3.05) is 51.3 Å². The van der Waals surface area contributed by atoms with Gasteiger partial charge in [0, 0.05) is 33.1 Å². The van der Waals surface area contributed by atoms with E-state index in [1.165, 1.54) is 11.8 Å². The Morgan fingerprint density at radius 3 is 2.46 bits per heavy atom. The molecule has 132 valence electrons. The summed E-state index contributed by atoms with van der Waals surface area (Å²) in [5, 5.41) is 3.39. The summed E-state index contributed by atoms with van der Waals surface area (Å²) in [6.45, 7) is 5.69. The molecule has 1 aromatic rings. The van der Waals surface area contributed by atoms with Crippen molar-refractivity contribution >= 4 is 40.7 Å². The van der Waals surface area contributed by atoms with E-state index < -0.39 is 0 Å². The summed E-state index contributed by atoms with van der Waals surface area (Å²) in [6.07, 6.45) is 0. The molecule has 0 aliphatic carbocycles. The van der Waals surface area contributed by atoms with E-state index in [1.807, 2.05) is 0 Å². The average molecular weight is 374 g/mol. The van der Waals surface area contributed by atoms with Crippen LogP contribution in [0.3, 0.4) is 0 Å².